The minimum atomic E-state index is -0.925. The van der Waals surface area contributed by atoms with E-state index in [1.807, 2.05) is 80.6 Å². The van der Waals surface area contributed by atoms with Crippen molar-refractivity contribution in [3.63, 3.8) is 0 Å². The first-order chi connectivity index (χ1) is 26.2. The Hall–Kier alpha value is -4.69. The first-order valence-corrected chi connectivity index (χ1v) is 18.8. The van der Waals surface area contributed by atoms with Gasteiger partial charge in [0.05, 0.1) is 31.3 Å². The van der Waals surface area contributed by atoms with Crippen molar-refractivity contribution in [2.24, 2.45) is 11.8 Å². The van der Waals surface area contributed by atoms with Gasteiger partial charge >= 0.3 is 6.09 Å². The molecular weight excluding hydrogens is 692 g/mol. The largest absolute Gasteiger partial charge is 0.485 e. The Morgan fingerprint density at radius 1 is 1.00 bits per heavy atom. The van der Waals surface area contributed by atoms with E-state index in [2.05, 4.69) is 35.0 Å². The Kier molecular flexibility index (Phi) is 10.5. The van der Waals surface area contributed by atoms with Crippen LogP contribution in [-0.4, -0.2) is 89.4 Å². The third-order valence-electron chi connectivity index (χ3n) is 10.3. The van der Waals surface area contributed by atoms with Gasteiger partial charge in [-0.3, -0.25) is 9.80 Å². The molecule has 4 aromatic rings. The molecular formula is C41H48N4O9. The maximum atomic E-state index is 14.2. The van der Waals surface area contributed by atoms with Gasteiger partial charge in [-0.15, -0.1) is 0 Å². The lowest BCUT2D eigenvalue weighted by atomic mass is 9.99. The number of carbonyl (C=O) groups is 1. The summed E-state index contributed by atoms with van der Waals surface area (Å²) in [5.74, 6) is 3.52. The molecule has 0 spiro atoms. The molecule has 5 heterocycles. The average Bonchev–Trinajstić information content (AvgIpc) is 3.99. The number of ether oxygens (including phenoxy) is 7. The van der Waals surface area contributed by atoms with Crippen LogP contribution in [0.25, 0.3) is 11.5 Å². The molecule has 1 aromatic heterocycles. The van der Waals surface area contributed by atoms with Crippen molar-refractivity contribution in [2.75, 3.05) is 33.1 Å². The molecule has 5 atom stereocenters. The first-order valence-electron chi connectivity index (χ1n) is 18.8. The number of benzene rings is 3. The Morgan fingerprint density at radius 2 is 1.80 bits per heavy atom. The van der Waals surface area contributed by atoms with Crippen molar-refractivity contribution in [1.82, 2.24) is 19.9 Å². The summed E-state index contributed by atoms with van der Waals surface area (Å²) in [6.45, 7) is 11.8. The van der Waals surface area contributed by atoms with E-state index in [-0.39, 0.29) is 43.9 Å². The fourth-order valence-corrected chi connectivity index (χ4v) is 7.94. The molecule has 0 bridgehead atoms. The second-order valence-electron chi connectivity index (χ2n) is 15.3. The van der Waals surface area contributed by atoms with Crippen LogP contribution < -0.4 is 14.2 Å². The van der Waals surface area contributed by atoms with Crippen LogP contribution in [0.1, 0.15) is 51.1 Å². The van der Waals surface area contributed by atoms with Crippen LogP contribution in [-0.2, 0) is 38.5 Å². The molecule has 286 valence electrons. The van der Waals surface area contributed by atoms with E-state index in [9.17, 15) is 4.79 Å². The highest BCUT2D eigenvalue weighted by Gasteiger charge is 2.52. The maximum absolute atomic E-state index is 14.2. The van der Waals surface area contributed by atoms with Gasteiger partial charge in [0.2, 0.25) is 12.6 Å². The molecule has 4 aliphatic heterocycles. The van der Waals surface area contributed by atoms with Crippen molar-refractivity contribution >= 4 is 6.09 Å². The van der Waals surface area contributed by atoms with Crippen molar-refractivity contribution in [3.8, 4) is 28.7 Å². The summed E-state index contributed by atoms with van der Waals surface area (Å²) in [4.78, 5) is 22.9. The van der Waals surface area contributed by atoms with E-state index < -0.39 is 11.8 Å². The minimum absolute atomic E-state index is 0.0305. The van der Waals surface area contributed by atoms with E-state index in [1.54, 1.807) is 4.90 Å². The lowest BCUT2D eigenvalue weighted by molar-refractivity contribution is -0.0912. The summed E-state index contributed by atoms with van der Waals surface area (Å²) in [5, 5.41) is 4.07. The van der Waals surface area contributed by atoms with Gasteiger partial charge in [0.1, 0.15) is 17.6 Å². The quantitative estimate of drug-likeness (QED) is 0.150. The van der Waals surface area contributed by atoms with Crippen molar-refractivity contribution in [3.05, 3.63) is 89.7 Å². The summed E-state index contributed by atoms with van der Waals surface area (Å²) in [6, 6.07) is 23.3. The molecule has 54 heavy (non-hydrogen) atoms. The molecule has 0 saturated carbocycles. The standard InChI is InChI=1S/C41H48N4O9/c1-26(2)20-44(21-28-12-15-33-34(19-28)51-25-50-33)22-35-32(45(41(3,4)53-35)40(46)52-36-23-49-39-31(36)16-17-47-39)18-27-10-13-30(14-11-27)48-24-37-42-38(54-43-37)29-8-6-5-7-9-29/h5-15,19,26,31-32,35-36,39H,16-18,20-25H2,1-4H3/t31-,32-,35+,36-,39+/m0/s1. The van der Waals surface area contributed by atoms with Crippen LogP contribution in [0.15, 0.2) is 77.3 Å². The van der Waals surface area contributed by atoms with Crippen LogP contribution in [0.4, 0.5) is 4.79 Å². The van der Waals surface area contributed by atoms with Gasteiger partial charge in [0.15, 0.2) is 24.4 Å². The van der Waals surface area contributed by atoms with E-state index in [0.717, 1.165) is 41.2 Å². The zero-order valence-electron chi connectivity index (χ0n) is 31.2. The SMILES string of the molecule is CC(C)CN(Cc1ccc2c(c1)OCO2)C[C@H]1OC(C)(C)N(C(=O)O[C@H]2CO[C@H]3OCC[C@H]32)[C@H]1Cc1ccc(OCc2noc(-c3ccccc3)n2)cc1. The fraction of sp³-hybridized carbons (Fsp3) is 0.488. The van der Waals surface area contributed by atoms with Gasteiger partial charge in [-0.1, -0.05) is 55.4 Å². The summed E-state index contributed by atoms with van der Waals surface area (Å²) in [5.41, 5.74) is 2.07. The molecule has 0 unspecified atom stereocenters. The van der Waals surface area contributed by atoms with E-state index in [1.165, 1.54) is 0 Å². The molecule has 3 saturated heterocycles. The second kappa shape index (κ2) is 15.6. The molecule has 0 N–H and O–H groups in total. The zero-order valence-corrected chi connectivity index (χ0v) is 31.2. The highest BCUT2D eigenvalue weighted by Crippen LogP contribution is 2.39. The third-order valence-corrected chi connectivity index (χ3v) is 10.3. The van der Waals surface area contributed by atoms with Gasteiger partial charge in [-0.25, -0.2) is 4.79 Å². The number of hydrogen-bond acceptors (Lipinski definition) is 12. The summed E-state index contributed by atoms with van der Waals surface area (Å²) in [6.07, 6.45) is -0.0612. The van der Waals surface area contributed by atoms with Crippen LogP contribution in [0, 0.1) is 11.8 Å². The highest BCUT2D eigenvalue weighted by molar-refractivity contribution is 5.70. The predicted octanol–water partition coefficient (Wildman–Crippen LogP) is 6.45. The van der Waals surface area contributed by atoms with Gasteiger partial charge in [0.25, 0.3) is 5.89 Å². The number of carbonyl (C=O) groups excluding carboxylic acids is 1. The fourth-order valence-electron chi connectivity index (χ4n) is 7.94. The summed E-state index contributed by atoms with van der Waals surface area (Å²) in [7, 11) is 0. The number of amides is 1. The number of rotatable bonds is 13. The molecule has 3 fully saturated rings. The molecule has 4 aliphatic rings. The van der Waals surface area contributed by atoms with Crippen molar-refractivity contribution in [1.29, 1.82) is 0 Å². The lowest BCUT2D eigenvalue weighted by Crippen LogP contribution is -2.51. The number of nitrogens with zero attached hydrogens (tertiary/aromatic N) is 4. The van der Waals surface area contributed by atoms with Gasteiger partial charge in [0, 0.05) is 25.2 Å². The monoisotopic (exact) mass is 740 g/mol. The normalized spacial score (nSPS) is 24.0. The number of hydrogen-bond donors (Lipinski definition) is 0. The van der Waals surface area contributed by atoms with E-state index in [4.69, 9.17) is 37.7 Å². The average molecular weight is 741 g/mol. The number of fused-ring (bicyclic) bond motifs is 2. The molecule has 0 radical (unpaired) electrons. The van der Waals surface area contributed by atoms with Crippen LogP contribution >= 0.6 is 0 Å². The van der Waals surface area contributed by atoms with Gasteiger partial charge < -0.3 is 37.7 Å². The van der Waals surface area contributed by atoms with Crippen LogP contribution in [0.5, 0.6) is 17.2 Å². The highest BCUT2D eigenvalue weighted by atomic mass is 16.7. The Labute approximate surface area is 315 Å². The van der Waals surface area contributed by atoms with Gasteiger partial charge in [-0.05, 0) is 80.1 Å². The van der Waals surface area contributed by atoms with Crippen molar-refractivity contribution in [2.45, 2.75) is 84.0 Å². The maximum Gasteiger partial charge on any atom is 0.412 e. The molecule has 13 nitrogen and oxygen atoms in total. The third kappa shape index (κ3) is 8.04. The Balaban J connectivity index is 0.996. The number of aromatic nitrogens is 2. The zero-order chi connectivity index (χ0) is 37.2. The second-order valence-corrected chi connectivity index (χ2v) is 15.3. The van der Waals surface area contributed by atoms with E-state index in [0.29, 0.717) is 56.1 Å². The van der Waals surface area contributed by atoms with Crippen LogP contribution in [0.3, 0.4) is 0 Å². The minimum Gasteiger partial charge on any atom is -0.485 e. The Morgan fingerprint density at radius 3 is 2.61 bits per heavy atom. The first kappa shape index (κ1) is 36.3. The molecule has 13 heteroatoms. The molecule has 0 aliphatic carbocycles. The Bertz CT molecular complexity index is 1880. The van der Waals surface area contributed by atoms with Crippen LogP contribution in [0.2, 0.25) is 0 Å². The summed E-state index contributed by atoms with van der Waals surface area (Å²) >= 11 is 0. The van der Waals surface area contributed by atoms with Gasteiger partial charge in [-0.2, -0.15) is 4.98 Å². The predicted molar refractivity (Wildman–Crippen MR) is 196 cm³/mol. The smallest absolute Gasteiger partial charge is 0.412 e. The topological polar surface area (TPSA) is 127 Å². The van der Waals surface area contributed by atoms with E-state index >= 15 is 0 Å². The summed E-state index contributed by atoms with van der Waals surface area (Å²) < 4.78 is 47.2. The lowest BCUT2D eigenvalue weighted by Gasteiger charge is -2.34. The molecule has 1 amide bonds. The molecule has 8 rings (SSSR count). The van der Waals surface area contributed by atoms with Crippen molar-refractivity contribution < 1.29 is 42.5 Å². The molecule has 3 aromatic carbocycles.